The number of fused-ring (bicyclic) bond motifs is 1. The van der Waals surface area contributed by atoms with Crippen LogP contribution in [-0.2, 0) is 9.84 Å². The van der Waals surface area contributed by atoms with E-state index in [1.54, 1.807) is 16.5 Å². The molecule has 0 N–H and O–H groups in total. The summed E-state index contributed by atoms with van der Waals surface area (Å²) >= 11 is 0. The molecule has 0 unspecified atom stereocenters. The number of hydrogen-bond acceptors (Lipinski definition) is 4. The van der Waals surface area contributed by atoms with Gasteiger partial charge in [-0.15, -0.1) is 0 Å². The van der Waals surface area contributed by atoms with Gasteiger partial charge in [-0.25, -0.2) is 13.4 Å². The zero-order chi connectivity index (χ0) is 12.0. The fraction of sp³-hybridized carbons (Fsp3) is 0.273. The maximum atomic E-state index is 12.0. The van der Waals surface area contributed by atoms with E-state index in [2.05, 4.69) is 4.98 Å². The Kier molecular flexibility index (Phi) is 2.09. The summed E-state index contributed by atoms with van der Waals surface area (Å²) < 4.78 is 25.6. The molecule has 17 heavy (non-hydrogen) atoms. The summed E-state index contributed by atoms with van der Waals surface area (Å²) in [6, 6.07) is 3.16. The Balaban J connectivity index is 2.15. The molecular formula is C11H10N2O3S. The number of imidazole rings is 1. The quantitative estimate of drug-likeness (QED) is 0.764. The Labute approximate surface area is 98.0 Å². The highest BCUT2D eigenvalue weighted by molar-refractivity contribution is 7.92. The zero-order valence-electron chi connectivity index (χ0n) is 8.91. The molecule has 0 spiro atoms. The number of sulfone groups is 1. The summed E-state index contributed by atoms with van der Waals surface area (Å²) in [6.07, 6.45) is 5.16. The Morgan fingerprint density at radius 2 is 2.06 bits per heavy atom. The number of aldehydes is 1. The van der Waals surface area contributed by atoms with Crippen LogP contribution in [0.4, 0.5) is 0 Å². The third-order valence-corrected chi connectivity index (χ3v) is 5.10. The molecule has 0 bridgehead atoms. The number of nitrogens with zero attached hydrogens (tertiary/aromatic N) is 2. The normalized spacial score (nSPS) is 16.2. The Bertz CT molecular complexity index is 699. The average Bonchev–Trinajstić information content (AvgIpc) is 3.08. The summed E-state index contributed by atoms with van der Waals surface area (Å²) in [7, 11) is -3.19. The van der Waals surface area contributed by atoms with Crippen LogP contribution in [0.3, 0.4) is 0 Å². The van der Waals surface area contributed by atoms with Gasteiger partial charge in [0, 0.05) is 12.4 Å². The number of pyridine rings is 1. The van der Waals surface area contributed by atoms with E-state index in [0.717, 1.165) is 12.8 Å². The summed E-state index contributed by atoms with van der Waals surface area (Å²) in [5, 5.41) is -0.228. The van der Waals surface area contributed by atoms with E-state index in [1.165, 1.54) is 12.4 Å². The highest BCUT2D eigenvalue weighted by atomic mass is 32.2. The first-order valence-electron chi connectivity index (χ1n) is 5.29. The third-order valence-electron chi connectivity index (χ3n) is 2.86. The first-order chi connectivity index (χ1) is 8.11. The summed E-state index contributed by atoms with van der Waals surface area (Å²) in [6.45, 7) is 0. The molecule has 88 valence electrons. The van der Waals surface area contributed by atoms with Crippen LogP contribution >= 0.6 is 0 Å². The van der Waals surface area contributed by atoms with Gasteiger partial charge in [-0.3, -0.25) is 4.79 Å². The molecule has 1 aliphatic carbocycles. The van der Waals surface area contributed by atoms with Crippen molar-refractivity contribution in [1.29, 1.82) is 0 Å². The number of carbonyl (C=O) groups excluding carboxylic acids is 1. The number of hydrogen-bond donors (Lipinski definition) is 0. The van der Waals surface area contributed by atoms with Crippen LogP contribution in [0.5, 0.6) is 0 Å². The van der Waals surface area contributed by atoms with Crippen molar-refractivity contribution in [3.8, 4) is 0 Å². The van der Waals surface area contributed by atoms with Crippen molar-refractivity contribution in [2.45, 2.75) is 23.0 Å². The van der Waals surface area contributed by atoms with E-state index in [4.69, 9.17) is 0 Å². The molecule has 1 saturated carbocycles. The van der Waals surface area contributed by atoms with Crippen molar-refractivity contribution >= 4 is 21.8 Å². The van der Waals surface area contributed by atoms with E-state index < -0.39 is 9.84 Å². The lowest BCUT2D eigenvalue weighted by atomic mass is 10.5. The van der Waals surface area contributed by atoms with Gasteiger partial charge in [0.25, 0.3) is 0 Å². The minimum Gasteiger partial charge on any atom is -0.305 e. The van der Waals surface area contributed by atoms with Gasteiger partial charge in [0.05, 0.1) is 10.1 Å². The Hall–Kier alpha value is -1.69. The van der Waals surface area contributed by atoms with Crippen molar-refractivity contribution in [3.05, 3.63) is 30.2 Å². The van der Waals surface area contributed by atoms with E-state index in [0.29, 0.717) is 22.5 Å². The predicted octanol–water partition coefficient (Wildman–Crippen LogP) is 1.08. The van der Waals surface area contributed by atoms with Crippen LogP contribution in [-0.4, -0.2) is 29.3 Å². The number of rotatable bonds is 3. The van der Waals surface area contributed by atoms with Gasteiger partial charge in [-0.2, -0.15) is 0 Å². The molecule has 1 fully saturated rings. The van der Waals surface area contributed by atoms with Gasteiger partial charge >= 0.3 is 0 Å². The van der Waals surface area contributed by atoms with Gasteiger partial charge in [0.15, 0.2) is 16.1 Å². The second kappa shape index (κ2) is 3.40. The van der Waals surface area contributed by atoms with E-state index in [1.807, 2.05) is 0 Å². The molecule has 0 atom stereocenters. The van der Waals surface area contributed by atoms with Crippen LogP contribution in [0.15, 0.2) is 29.4 Å². The highest BCUT2D eigenvalue weighted by Crippen LogP contribution is 2.33. The lowest BCUT2D eigenvalue weighted by Crippen LogP contribution is -2.07. The van der Waals surface area contributed by atoms with Crippen LogP contribution < -0.4 is 0 Å². The maximum Gasteiger partial charge on any atom is 0.182 e. The molecule has 0 radical (unpaired) electrons. The smallest absolute Gasteiger partial charge is 0.182 e. The molecule has 5 nitrogen and oxygen atoms in total. The first-order valence-corrected chi connectivity index (χ1v) is 6.84. The molecule has 6 heteroatoms. The summed E-state index contributed by atoms with van der Waals surface area (Å²) in [5.74, 6) is 0. The Morgan fingerprint density at radius 3 is 2.71 bits per heavy atom. The first kappa shape index (κ1) is 10.5. The molecule has 1 aliphatic rings. The third kappa shape index (κ3) is 1.64. The van der Waals surface area contributed by atoms with Gasteiger partial charge in [-0.1, -0.05) is 0 Å². The minimum absolute atomic E-state index is 0.228. The van der Waals surface area contributed by atoms with Crippen molar-refractivity contribution < 1.29 is 13.2 Å². The van der Waals surface area contributed by atoms with Gasteiger partial charge in [0.1, 0.15) is 11.3 Å². The molecular weight excluding hydrogens is 240 g/mol. The predicted molar refractivity (Wildman–Crippen MR) is 60.8 cm³/mol. The fourth-order valence-corrected chi connectivity index (χ4v) is 3.45. The van der Waals surface area contributed by atoms with Gasteiger partial charge in [-0.05, 0) is 25.0 Å². The largest absolute Gasteiger partial charge is 0.305 e. The van der Waals surface area contributed by atoms with Crippen molar-refractivity contribution in [2.75, 3.05) is 0 Å². The second-order valence-electron chi connectivity index (χ2n) is 4.16. The van der Waals surface area contributed by atoms with Crippen LogP contribution in [0.1, 0.15) is 23.3 Å². The molecule has 2 aromatic rings. The molecule has 0 saturated heterocycles. The Morgan fingerprint density at radius 1 is 1.29 bits per heavy atom. The highest BCUT2D eigenvalue weighted by Gasteiger charge is 2.37. The van der Waals surface area contributed by atoms with Gasteiger partial charge in [0.2, 0.25) is 0 Å². The maximum absolute atomic E-state index is 12.0. The lowest BCUT2D eigenvalue weighted by molar-refractivity contribution is 0.111. The minimum atomic E-state index is -3.19. The van der Waals surface area contributed by atoms with Crippen LogP contribution in [0.2, 0.25) is 0 Å². The van der Waals surface area contributed by atoms with E-state index in [-0.39, 0.29) is 5.25 Å². The monoisotopic (exact) mass is 250 g/mol. The number of carbonyl (C=O) groups is 1. The molecule has 0 aromatic carbocycles. The molecule has 0 amide bonds. The van der Waals surface area contributed by atoms with Crippen molar-refractivity contribution in [2.24, 2.45) is 0 Å². The SMILES string of the molecule is O=Cc1cn2cc(S(=O)(=O)C3CC3)ccc2n1. The fourth-order valence-electron chi connectivity index (χ4n) is 1.79. The van der Waals surface area contributed by atoms with Crippen molar-refractivity contribution in [1.82, 2.24) is 9.38 Å². The van der Waals surface area contributed by atoms with Gasteiger partial charge < -0.3 is 4.40 Å². The number of aromatic nitrogens is 2. The van der Waals surface area contributed by atoms with Crippen LogP contribution in [0, 0.1) is 0 Å². The molecule has 3 rings (SSSR count). The average molecular weight is 250 g/mol. The molecule has 2 heterocycles. The summed E-state index contributed by atoms with van der Waals surface area (Å²) in [5.41, 5.74) is 0.868. The zero-order valence-corrected chi connectivity index (χ0v) is 9.72. The molecule has 2 aromatic heterocycles. The standard InChI is InChI=1S/C11H10N2O3S/c14-7-8-5-13-6-10(3-4-11(13)12-8)17(15,16)9-1-2-9/h3-7,9H,1-2H2. The second-order valence-corrected chi connectivity index (χ2v) is 6.39. The summed E-state index contributed by atoms with van der Waals surface area (Å²) in [4.78, 5) is 14.9. The van der Waals surface area contributed by atoms with Crippen molar-refractivity contribution in [3.63, 3.8) is 0 Å². The van der Waals surface area contributed by atoms with E-state index >= 15 is 0 Å². The van der Waals surface area contributed by atoms with Crippen LogP contribution in [0.25, 0.3) is 5.65 Å². The van der Waals surface area contributed by atoms with E-state index in [9.17, 15) is 13.2 Å². The topological polar surface area (TPSA) is 68.5 Å². The molecule has 0 aliphatic heterocycles. The lowest BCUT2D eigenvalue weighted by Gasteiger charge is -2.02.